The highest BCUT2D eigenvalue weighted by molar-refractivity contribution is 7.12. The molecular weight excluding hydrogens is 269 g/mol. The number of nitrogens with one attached hydrogen (secondary N) is 1. The van der Waals surface area contributed by atoms with E-state index >= 15 is 0 Å². The van der Waals surface area contributed by atoms with Gasteiger partial charge in [0.2, 0.25) is 0 Å². The summed E-state index contributed by atoms with van der Waals surface area (Å²) in [5.41, 5.74) is 2.72. The van der Waals surface area contributed by atoms with Crippen molar-refractivity contribution in [1.29, 1.82) is 0 Å². The van der Waals surface area contributed by atoms with Crippen LogP contribution in [0.1, 0.15) is 46.7 Å². The number of fused-ring (bicyclic) bond motifs is 1. The van der Waals surface area contributed by atoms with E-state index in [2.05, 4.69) is 18.3 Å². The Morgan fingerprint density at radius 1 is 1.25 bits per heavy atom. The van der Waals surface area contributed by atoms with Gasteiger partial charge in [0.1, 0.15) is 5.82 Å². The highest BCUT2D eigenvalue weighted by Gasteiger charge is 2.15. The first-order valence-corrected chi connectivity index (χ1v) is 8.17. The molecule has 2 aromatic rings. The fourth-order valence-electron chi connectivity index (χ4n) is 2.89. The Kier molecular flexibility index (Phi) is 4.18. The van der Waals surface area contributed by atoms with Crippen LogP contribution < -0.4 is 5.32 Å². The summed E-state index contributed by atoms with van der Waals surface area (Å²) in [4.78, 5) is 3.01. The van der Waals surface area contributed by atoms with E-state index in [9.17, 15) is 4.39 Å². The van der Waals surface area contributed by atoms with Crippen LogP contribution in [0.15, 0.2) is 30.3 Å². The van der Waals surface area contributed by atoms with E-state index in [1.807, 2.05) is 23.5 Å². The Bertz CT molecular complexity index is 552. The normalized spacial score (nSPS) is 15.3. The maximum Gasteiger partial charge on any atom is 0.123 e. The van der Waals surface area contributed by atoms with E-state index in [1.165, 1.54) is 24.1 Å². The van der Waals surface area contributed by atoms with Crippen LogP contribution in [0.4, 0.5) is 4.39 Å². The van der Waals surface area contributed by atoms with E-state index in [4.69, 9.17) is 0 Å². The molecular formula is C17H20FNS. The van der Waals surface area contributed by atoms with Crippen molar-refractivity contribution in [3.05, 3.63) is 57.0 Å². The molecule has 0 spiro atoms. The summed E-state index contributed by atoms with van der Waals surface area (Å²) in [5.74, 6) is -0.168. The number of aryl methyl sites for hydroxylation is 2. The number of hydrogen-bond acceptors (Lipinski definition) is 2. The van der Waals surface area contributed by atoms with Crippen LogP contribution in [-0.4, -0.2) is 0 Å². The first kappa shape index (κ1) is 13.8. The summed E-state index contributed by atoms with van der Waals surface area (Å²) in [6, 6.07) is 9.50. The molecule has 0 bridgehead atoms. The van der Waals surface area contributed by atoms with Gasteiger partial charge in [0.05, 0.1) is 0 Å². The molecule has 1 aliphatic rings. The molecule has 0 saturated heterocycles. The third-order valence-electron chi connectivity index (χ3n) is 4.00. The first-order chi connectivity index (χ1) is 9.76. The van der Waals surface area contributed by atoms with E-state index in [1.54, 1.807) is 22.6 Å². The Hall–Kier alpha value is -1.19. The van der Waals surface area contributed by atoms with Crippen molar-refractivity contribution in [3.63, 3.8) is 0 Å². The molecule has 1 unspecified atom stereocenters. The Balaban J connectivity index is 1.64. The highest BCUT2D eigenvalue weighted by Crippen LogP contribution is 2.31. The maximum atomic E-state index is 13.0. The standard InChI is InChI=1S/C17H20FNS/c1-2-16(12-6-8-14(18)9-7-12)19-11-15-10-13-4-3-5-17(13)20-15/h6-10,16,19H,2-5,11H2,1H3. The lowest BCUT2D eigenvalue weighted by atomic mass is 10.0. The minimum absolute atomic E-state index is 0.168. The number of hydrogen-bond donors (Lipinski definition) is 1. The summed E-state index contributed by atoms with van der Waals surface area (Å²) in [6.07, 6.45) is 4.84. The summed E-state index contributed by atoms with van der Waals surface area (Å²) < 4.78 is 13.0. The minimum atomic E-state index is -0.168. The third kappa shape index (κ3) is 2.94. The number of rotatable bonds is 5. The zero-order valence-corrected chi connectivity index (χ0v) is 12.6. The maximum absolute atomic E-state index is 13.0. The molecule has 3 heteroatoms. The molecule has 1 heterocycles. The lowest BCUT2D eigenvalue weighted by molar-refractivity contribution is 0.520. The van der Waals surface area contributed by atoms with Gasteiger partial charge in [-0.25, -0.2) is 4.39 Å². The average Bonchev–Trinajstić information content (AvgIpc) is 3.02. The van der Waals surface area contributed by atoms with Crippen molar-refractivity contribution in [3.8, 4) is 0 Å². The van der Waals surface area contributed by atoms with E-state index in [-0.39, 0.29) is 5.82 Å². The SMILES string of the molecule is CCC(NCc1cc2c(s1)CCC2)c1ccc(F)cc1. The van der Waals surface area contributed by atoms with Crippen LogP contribution in [0.2, 0.25) is 0 Å². The smallest absolute Gasteiger partial charge is 0.123 e. The number of thiophene rings is 1. The molecule has 0 amide bonds. The average molecular weight is 289 g/mol. The van der Waals surface area contributed by atoms with E-state index in [0.29, 0.717) is 6.04 Å². The number of halogens is 1. The van der Waals surface area contributed by atoms with Gasteiger partial charge in [0.15, 0.2) is 0 Å². The fourth-order valence-corrected chi connectivity index (χ4v) is 4.11. The van der Waals surface area contributed by atoms with Gasteiger partial charge < -0.3 is 5.32 Å². The fraction of sp³-hybridized carbons (Fsp3) is 0.412. The van der Waals surface area contributed by atoms with Crippen molar-refractivity contribution in [1.82, 2.24) is 5.32 Å². The van der Waals surface area contributed by atoms with Gasteiger partial charge in [-0.2, -0.15) is 0 Å². The van der Waals surface area contributed by atoms with Crippen molar-refractivity contribution in [2.45, 2.75) is 45.2 Å². The molecule has 1 atom stereocenters. The van der Waals surface area contributed by atoms with Crippen LogP contribution >= 0.6 is 11.3 Å². The van der Waals surface area contributed by atoms with Gasteiger partial charge >= 0.3 is 0 Å². The quantitative estimate of drug-likeness (QED) is 0.847. The topological polar surface area (TPSA) is 12.0 Å². The molecule has 1 aromatic carbocycles. The summed E-state index contributed by atoms with van der Waals surface area (Å²) in [7, 11) is 0. The van der Waals surface area contributed by atoms with Crippen molar-refractivity contribution >= 4 is 11.3 Å². The summed E-state index contributed by atoms with van der Waals surface area (Å²) >= 11 is 1.95. The van der Waals surface area contributed by atoms with E-state index < -0.39 is 0 Å². The lowest BCUT2D eigenvalue weighted by Gasteiger charge is -2.17. The molecule has 1 N–H and O–H groups in total. The molecule has 0 radical (unpaired) electrons. The predicted molar refractivity (Wildman–Crippen MR) is 82.6 cm³/mol. The minimum Gasteiger partial charge on any atom is -0.305 e. The van der Waals surface area contributed by atoms with Gasteiger partial charge in [-0.1, -0.05) is 19.1 Å². The summed E-state index contributed by atoms with van der Waals surface area (Å²) in [6.45, 7) is 3.07. The second-order valence-electron chi connectivity index (χ2n) is 5.41. The van der Waals surface area contributed by atoms with Crippen molar-refractivity contribution in [2.24, 2.45) is 0 Å². The molecule has 0 fully saturated rings. The molecule has 1 aliphatic carbocycles. The van der Waals surface area contributed by atoms with Gasteiger partial charge in [-0.05, 0) is 55.0 Å². The van der Waals surface area contributed by atoms with Crippen LogP contribution in [0.5, 0.6) is 0 Å². The largest absolute Gasteiger partial charge is 0.305 e. The van der Waals surface area contributed by atoms with Crippen molar-refractivity contribution < 1.29 is 4.39 Å². The molecule has 1 nitrogen and oxygen atoms in total. The monoisotopic (exact) mass is 289 g/mol. The molecule has 0 aliphatic heterocycles. The summed E-state index contributed by atoms with van der Waals surface area (Å²) in [5, 5.41) is 3.60. The molecule has 3 rings (SSSR count). The van der Waals surface area contributed by atoms with Crippen LogP contribution in [-0.2, 0) is 19.4 Å². The zero-order chi connectivity index (χ0) is 13.9. The molecule has 20 heavy (non-hydrogen) atoms. The second-order valence-corrected chi connectivity index (χ2v) is 6.63. The number of benzene rings is 1. The highest BCUT2D eigenvalue weighted by atomic mass is 32.1. The van der Waals surface area contributed by atoms with Crippen LogP contribution in [0.25, 0.3) is 0 Å². The predicted octanol–water partition coefficient (Wildman–Crippen LogP) is 4.62. The molecule has 1 aromatic heterocycles. The molecule has 0 saturated carbocycles. The van der Waals surface area contributed by atoms with Crippen LogP contribution in [0.3, 0.4) is 0 Å². The van der Waals surface area contributed by atoms with Gasteiger partial charge in [-0.3, -0.25) is 0 Å². The Morgan fingerprint density at radius 3 is 2.75 bits per heavy atom. The molecule has 106 valence electrons. The van der Waals surface area contributed by atoms with Crippen molar-refractivity contribution in [2.75, 3.05) is 0 Å². The van der Waals surface area contributed by atoms with E-state index in [0.717, 1.165) is 18.5 Å². The second kappa shape index (κ2) is 6.06. The van der Waals surface area contributed by atoms with Gasteiger partial charge in [-0.15, -0.1) is 11.3 Å². The van der Waals surface area contributed by atoms with Gasteiger partial charge in [0, 0.05) is 22.3 Å². The van der Waals surface area contributed by atoms with Gasteiger partial charge in [0.25, 0.3) is 0 Å². The zero-order valence-electron chi connectivity index (χ0n) is 11.8. The third-order valence-corrected chi connectivity index (χ3v) is 5.24. The van der Waals surface area contributed by atoms with Crippen LogP contribution in [0, 0.1) is 5.82 Å². The first-order valence-electron chi connectivity index (χ1n) is 7.35. The Labute approximate surface area is 123 Å². The Morgan fingerprint density at radius 2 is 2.05 bits per heavy atom. The lowest BCUT2D eigenvalue weighted by Crippen LogP contribution is -2.19.